The normalized spacial score (nSPS) is 19.3. The molecule has 1 N–H and O–H groups in total. The summed E-state index contributed by atoms with van der Waals surface area (Å²) in [6, 6.07) is 9.38. The van der Waals surface area contributed by atoms with Crippen molar-refractivity contribution in [3.05, 3.63) is 35.4 Å². The van der Waals surface area contributed by atoms with Crippen LogP contribution in [0.25, 0.3) is 0 Å². The number of likely N-dealkylation sites (N-methyl/N-ethyl adjacent to an activating group) is 1. The van der Waals surface area contributed by atoms with Crippen LogP contribution in [0.5, 0.6) is 0 Å². The highest BCUT2D eigenvalue weighted by Crippen LogP contribution is 2.14. The predicted molar refractivity (Wildman–Crippen MR) is 74.9 cm³/mol. The van der Waals surface area contributed by atoms with E-state index in [1.54, 1.807) is 6.07 Å². The number of benzene rings is 1. The summed E-state index contributed by atoms with van der Waals surface area (Å²) in [4.78, 5) is 14.1. The number of nitrogens with zero attached hydrogens (tertiary/aromatic N) is 2. The smallest absolute Gasteiger partial charge is 0.239 e. The van der Waals surface area contributed by atoms with Gasteiger partial charge in [0.15, 0.2) is 0 Å². The van der Waals surface area contributed by atoms with E-state index in [1.807, 2.05) is 25.1 Å². The van der Waals surface area contributed by atoms with Crippen molar-refractivity contribution < 1.29 is 9.53 Å². The van der Waals surface area contributed by atoms with E-state index in [9.17, 15) is 4.79 Å². The number of morpholine rings is 1. The van der Waals surface area contributed by atoms with Gasteiger partial charge in [-0.2, -0.15) is 5.26 Å². The average Bonchev–Trinajstić information content (AvgIpc) is 2.48. The number of nitriles is 1. The Balaban J connectivity index is 2.08. The van der Waals surface area contributed by atoms with Crippen molar-refractivity contribution in [1.29, 1.82) is 5.26 Å². The minimum absolute atomic E-state index is 0.00337. The van der Waals surface area contributed by atoms with Gasteiger partial charge in [0.2, 0.25) is 5.91 Å². The Morgan fingerprint density at radius 1 is 1.60 bits per heavy atom. The number of hydrogen-bond acceptors (Lipinski definition) is 4. The molecule has 0 saturated carbocycles. The molecule has 5 nitrogen and oxygen atoms in total. The molecule has 1 atom stereocenters. The Kier molecular flexibility index (Phi) is 5.10. The second kappa shape index (κ2) is 7.04. The number of hydrogen-bond donors (Lipinski definition) is 1. The fourth-order valence-electron chi connectivity index (χ4n) is 2.33. The maximum absolute atomic E-state index is 12.0. The molecule has 1 fully saturated rings. The van der Waals surface area contributed by atoms with E-state index < -0.39 is 0 Å². The largest absolute Gasteiger partial charge is 0.378 e. The highest BCUT2D eigenvalue weighted by atomic mass is 16.5. The van der Waals surface area contributed by atoms with E-state index in [4.69, 9.17) is 10.00 Å². The predicted octanol–water partition coefficient (Wildman–Crippen LogP) is 0.895. The van der Waals surface area contributed by atoms with E-state index in [0.717, 1.165) is 12.1 Å². The first-order valence-corrected chi connectivity index (χ1v) is 6.83. The molecule has 5 heteroatoms. The molecular formula is C15H19N3O2. The fourth-order valence-corrected chi connectivity index (χ4v) is 2.33. The SMILES string of the molecule is CCNC(=O)C1COCCN1Cc1cccc(C#N)c1. The van der Waals surface area contributed by atoms with Crippen LogP contribution in [0.4, 0.5) is 0 Å². The summed E-state index contributed by atoms with van der Waals surface area (Å²) < 4.78 is 5.41. The molecule has 0 bridgehead atoms. The lowest BCUT2D eigenvalue weighted by Crippen LogP contribution is -2.53. The molecule has 2 rings (SSSR count). The van der Waals surface area contributed by atoms with Gasteiger partial charge in [0, 0.05) is 19.6 Å². The Labute approximate surface area is 119 Å². The summed E-state index contributed by atoms with van der Waals surface area (Å²) in [5.41, 5.74) is 1.69. The number of carbonyl (C=O) groups excluding carboxylic acids is 1. The van der Waals surface area contributed by atoms with Crippen LogP contribution in [0.2, 0.25) is 0 Å². The summed E-state index contributed by atoms with van der Waals surface area (Å²) in [5.74, 6) is 0.00337. The lowest BCUT2D eigenvalue weighted by atomic mass is 10.1. The second-order valence-electron chi connectivity index (χ2n) is 4.77. The van der Waals surface area contributed by atoms with Crippen LogP contribution in [0.1, 0.15) is 18.1 Å². The zero-order valence-electron chi connectivity index (χ0n) is 11.6. The van der Waals surface area contributed by atoms with E-state index >= 15 is 0 Å². The molecule has 0 aliphatic carbocycles. The zero-order chi connectivity index (χ0) is 14.4. The molecule has 1 aliphatic rings. The topological polar surface area (TPSA) is 65.4 Å². The zero-order valence-corrected chi connectivity index (χ0v) is 11.6. The molecule has 0 aromatic heterocycles. The maximum atomic E-state index is 12.0. The lowest BCUT2D eigenvalue weighted by Gasteiger charge is -2.34. The van der Waals surface area contributed by atoms with Crippen LogP contribution in [0, 0.1) is 11.3 Å². The Morgan fingerprint density at radius 2 is 2.45 bits per heavy atom. The third kappa shape index (κ3) is 3.56. The first-order chi connectivity index (χ1) is 9.74. The van der Waals surface area contributed by atoms with Gasteiger partial charge in [0.25, 0.3) is 0 Å². The molecule has 106 valence electrons. The minimum Gasteiger partial charge on any atom is -0.378 e. The molecule has 1 saturated heterocycles. The summed E-state index contributed by atoms with van der Waals surface area (Å²) in [6.45, 7) is 4.95. The van der Waals surface area contributed by atoms with E-state index in [1.165, 1.54) is 0 Å². The van der Waals surface area contributed by atoms with Crippen molar-refractivity contribution in [2.45, 2.75) is 19.5 Å². The van der Waals surface area contributed by atoms with Crippen LogP contribution < -0.4 is 5.32 Å². The highest BCUT2D eigenvalue weighted by molar-refractivity contribution is 5.81. The number of amides is 1. The van der Waals surface area contributed by atoms with Gasteiger partial charge < -0.3 is 10.1 Å². The first kappa shape index (κ1) is 14.5. The Bertz CT molecular complexity index is 510. The van der Waals surface area contributed by atoms with Crippen molar-refractivity contribution in [2.24, 2.45) is 0 Å². The lowest BCUT2D eigenvalue weighted by molar-refractivity contribution is -0.132. The third-order valence-corrected chi connectivity index (χ3v) is 3.33. The van der Waals surface area contributed by atoms with Gasteiger partial charge in [-0.1, -0.05) is 12.1 Å². The molecule has 1 amide bonds. The number of ether oxygens (including phenoxy) is 1. The van der Waals surface area contributed by atoms with Gasteiger partial charge in [-0.3, -0.25) is 9.69 Å². The molecule has 1 aromatic rings. The van der Waals surface area contributed by atoms with E-state index in [0.29, 0.717) is 31.9 Å². The van der Waals surface area contributed by atoms with Gasteiger partial charge >= 0.3 is 0 Å². The minimum atomic E-state index is -0.255. The van der Waals surface area contributed by atoms with Crippen molar-refractivity contribution >= 4 is 5.91 Å². The molecule has 20 heavy (non-hydrogen) atoms. The molecule has 1 heterocycles. The van der Waals surface area contributed by atoms with Crippen LogP contribution in [0.15, 0.2) is 24.3 Å². The van der Waals surface area contributed by atoms with Crippen LogP contribution in [-0.4, -0.2) is 43.2 Å². The Morgan fingerprint density at radius 3 is 3.20 bits per heavy atom. The quantitative estimate of drug-likeness (QED) is 0.885. The molecular weight excluding hydrogens is 254 g/mol. The summed E-state index contributed by atoms with van der Waals surface area (Å²) in [7, 11) is 0. The highest BCUT2D eigenvalue weighted by Gasteiger charge is 2.28. The van der Waals surface area contributed by atoms with Gasteiger partial charge in [-0.15, -0.1) is 0 Å². The van der Waals surface area contributed by atoms with Crippen LogP contribution >= 0.6 is 0 Å². The molecule has 1 aromatic carbocycles. The number of rotatable bonds is 4. The second-order valence-corrected chi connectivity index (χ2v) is 4.77. The summed E-state index contributed by atoms with van der Waals surface area (Å²) >= 11 is 0. The van der Waals surface area contributed by atoms with E-state index in [2.05, 4.69) is 16.3 Å². The van der Waals surface area contributed by atoms with Gasteiger partial charge in [0.05, 0.1) is 24.8 Å². The van der Waals surface area contributed by atoms with Gasteiger partial charge in [-0.25, -0.2) is 0 Å². The summed E-state index contributed by atoms with van der Waals surface area (Å²) in [6.07, 6.45) is 0. The van der Waals surface area contributed by atoms with Crippen molar-refractivity contribution in [2.75, 3.05) is 26.3 Å². The molecule has 1 unspecified atom stereocenters. The standard InChI is InChI=1S/C15H19N3O2/c1-2-17-15(19)14-11-20-7-6-18(14)10-13-5-3-4-12(8-13)9-16/h3-5,8,14H,2,6-7,10-11H2,1H3,(H,17,19). The fraction of sp³-hybridized carbons (Fsp3) is 0.467. The maximum Gasteiger partial charge on any atom is 0.239 e. The first-order valence-electron chi connectivity index (χ1n) is 6.83. The Hall–Kier alpha value is -1.90. The van der Waals surface area contributed by atoms with Crippen molar-refractivity contribution in [1.82, 2.24) is 10.2 Å². The van der Waals surface area contributed by atoms with Gasteiger partial charge in [-0.05, 0) is 24.6 Å². The number of carbonyl (C=O) groups is 1. The molecule has 0 spiro atoms. The molecule has 1 aliphatic heterocycles. The van der Waals surface area contributed by atoms with Crippen molar-refractivity contribution in [3.63, 3.8) is 0 Å². The van der Waals surface area contributed by atoms with Crippen LogP contribution in [0.3, 0.4) is 0 Å². The van der Waals surface area contributed by atoms with Crippen molar-refractivity contribution in [3.8, 4) is 6.07 Å². The van der Waals surface area contributed by atoms with Crippen LogP contribution in [-0.2, 0) is 16.1 Å². The summed E-state index contributed by atoms with van der Waals surface area (Å²) in [5, 5.41) is 11.8. The number of nitrogens with one attached hydrogen (secondary N) is 1. The third-order valence-electron chi connectivity index (χ3n) is 3.33. The van der Waals surface area contributed by atoms with Gasteiger partial charge in [0.1, 0.15) is 6.04 Å². The molecule has 0 radical (unpaired) electrons. The van der Waals surface area contributed by atoms with E-state index in [-0.39, 0.29) is 11.9 Å². The monoisotopic (exact) mass is 273 g/mol. The average molecular weight is 273 g/mol.